The van der Waals surface area contributed by atoms with Crippen molar-refractivity contribution in [2.75, 3.05) is 13.2 Å². The molecule has 3 aromatic heterocycles. The molecule has 10 nitrogen and oxygen atoms in total. The van der Waals surface area contributed by atoms with Crippen LogP contribution >= 0.6 is 0 Å². The number of aromatic nitrogens is 1. The van der Waals surface area contributed by atoms with E-state index in [0.717, 1.165) is 11.3 Å². The molecule has 0 saturated heterocycles. The molecule has 0 aliphatic heterocycles. The summed E-state index contributed by atoms with van der Waals surface area (Å²) in [6.45, 7) is 7.66. The Bertz CT molecular complexity index is 1070. The molecule has 158 valence electrons. The van der Waals surface area contributed by atoms with Crippen LogP contribution in [0, 0.1) is 13.8 Å². The highest BCUT2D eigenvalue weighted by molar-refractivity contribution is 5.93. The molecule has 30 heavy (non-hydrogen) atoms. The van der Waals surface area contributed by atoms with Crippen LogP contribution in [0.15, 0.2) is 43.9 Å². The second-order valence-corrected chi connectivity index (χ2v) is 5.93. The molecule has 0 spiro atoms. The van der Waals surface area contributed by atoms with E-state index in [1.165, 1.54) is 6.08 Å². The number of nitrogens with one attached hydrogen (secondary N) is 1. The summed E-state index contributed by atoms with van der Waals surface area (Å²) in [6.07, 6.45) is 1.34. The summed E-state index contributed by atoms with van der Waals surface area (Å²) in [5.41, 5.74) is 10.1. The number of esters is 2. The Labute approximate surface area is 172 Å². The average molecular weight is 414 g/mol. The van der Waals surface area contributed by atoms with Crippen LogP contribution in [0.1, 0.15) is 41.6 Å². The van der Waals surface area contributed by atoms with Crippen molar-refractivity contribution in [1.29, 1.82) is 0 Å². The van der Waals surface area contributed by atoms with Gasteiger partial charge in [-0.3, -0.25) is 0 Å². The zero-order valence-corrected chi connectivity index (χ0v) is 17.1. The molecule has 1 N–H and O–H groups in total. The van der Waals surface area contributed by atoms with Crippen LogP contribution in [0.5, 0.6) is 0 Å². The van der Waals surface area contributed by atoms with Crippen molar-refractivity contribution in [2.24, 2.45) is 5.11 Å². The zero-order valence-electron chi connectivity index (χ0n) is 17.1. The number of nitrogens with zero attached hydrogens (tertiary/aromatic N) is 3. The largest absolute Gasteiger partial charge is 0.462 e. The predicted molar refractivity (Wildman–Crippen MR) is 108 cm³/mol. The van der Waals surface area contributed by atoms with Gasteiger partial charge in [0, 0.05) is 17.0 Å². The number of aryl methyl sites for hydroxylation is 2. The molecular weight excluding hydrogens is 392 g/mol. The number of ether oxygens (including phenoxy) is 2. The number of carbonyl (C=O) groups excluding carboxylic acids is 2. The van der Waals surface area contributed by atoms with E-state index in [2.05, 4.69) is 15.0 Å². The molecule has 0 unspecified atom stereocenters. The van der Waals surface area contributed by atoms with Crippen LogP contribution in [0.3, 0.4) is 0 Å². The lowest BCUT2D eigenvalue weighted by Gasteiger charge is -1.99. The van der Waals surface area contributed by atoms with Crippen LogP contribution < -0.4 is 0 Å². The first-order chi connectivity index (χ1) is 14.4. The first-order valence-corrected chi connectivity index (χ1v) is 9.14. The Hall–Kier alpha value is -3.91. The number of H-pyrrole nitrogens is 1. The van der Waals surface area contributed by atoms with Gasteiger partial charge in [-0.25, -0.2) is 9.59 Å². The van der Waals surface area contributed by atoms with Gasteiger partial charge in [0.15, 0.2) is 5.58 Å². The van der Waals surface area contributed by atoms with Crippen molar-refractivity contribution < 1.29 is 27.9 Å². The molecule has 3 aromatic rings. The molecule has 0 aromatic carbocycles. The lowest BCUT2D eigenvalue weighted by atomic mass is 10.3. The SMILES string of the molecule is CCOC(=O)/C(=C/c1ccc(C)o1)N=[N+]=[N-].CCOC(=O)c1cc2oc(C)cc2[nH]1. The van der Waals surface area contributed by atoms with Crippen LogP contribution in [0.2, 0.25) is 0 Å². The Morgan fingerprint density at radius 1 is 1.13 bits per heavy atom. The third-order valence-electron chi connectivity index (χ3n) is 3.60. The number of azide groups is 1. The van der Waals surface area contributed by atoms with Crippen LogP contribution in [-0.4, -0.2) is 30.1 Å². The molecule has 3 heterocycles. The molecule has 0 amide bonds. The van der Waals surface area contributed by atoms with Gasteiger partial charge in [0.2, 0.25) is 0 Å². The number of aromatic amines is 1. The van der Waals surface area contributed by atoms with E-state index in [-0.39, 0.29) is 18.3 Å². The van der Waals surface area contributed by atoms with Crippen molar-refractivity contribution in [3.8, 4) is 0 Å². The van der Waals surface area contributed by atoms with Gasteiger partial charge in [0.05, 0.1) is 18.7 Å². The maximum atomic E-state index is 11.3. The molecule has 0 atom stereocenters. The molecule has 0 fully saturated rings. The monoisotopic (exact) mass is 414 g/mol. The van der Waals surface area contributed by atoms with Crippen LogP contribution in [-0.2, 0) is 14.3 Å². The summed E-state index contributed by atoms with van der Waals surface area (Å²) in [5.74, 6) is 0.941. The lowest BCUT2D eigenvalue weighted by molar-refractivity contribution is -0.138. The number of hydrogen-bond donors (Lipinski definition) is 1. The quantitative estimate of drug-likeness (QED) is 0.196. The molecule has 3 rings (SSSR count). The van der Waals surface area contributed by atoms with Gasteiger partial charge >= 0.3 is 11.9 Å². The smallest absolute Gasteiger partial charge is 0.354 e. The van der Waals surface area contributed by atoms with E-state index in [4.69, 9.17) is 23.8 Å². The maximum Gasteiger partial charge on any atom is 0.354 e. The van der Waals surface area contributed by atoms with Crippen LogP contribution in [0.25, 0.3) is 27.6 Å². The van der Waals surface area contributed by atoms with Gasteiger partial charge in [-0.2, -0.15) is 0 Å². The average Bonchev–Trinajstić information content (AvgIpc) is 3.37. The third-order valence-corrected chi connectivity index (χ3v) is 3.60. The predicted octanol–water partition coefficient (Wildman–Crippen LogP) is 5.05. The van der Waals surface area contributed by atoms with E-state index in [1.54, 1.807) is 39.0 Å². The first-order valence-electron chi connectivity index (χ1n) is 9.14. The van der Waals surface area contributed by atoms with E-state index >= 15 is 0 Å². The second kappa shape index (κ2) is 10.6. The second-order valence-electron chi connectivity index (χ2n) is 5.93. The zero-order chi connectivity index (χ0) is 22.1. The molecule has 10 heteroatoms. The summed E-state index contributed by atoms with van der Waals surface area (Å²) in [4.78, 5) is 28.1. The van der Waals surface area contributed by atoms with Crippen molar-refractivity contribution in [1.82, 2.24) is 4.98 Å². The fraction of sp³-hybridized carbons (Fsp3) is 0.300. The van der Waals surface area contributed by atoms with E-state index in [0.29, 0.717) is 29.4 Å². The summed E-state index contributed by atoms with van der Waals surface area (Å²) in [6, 6.07) is 6.91. The number of rotatable bonds is 6. The minimum Gasteiger partial charge on any atom is -0.462 e. The van der Waals surface area contributed by atoms with Gasteiger partial charge in [-0.15, -0.1) is 0 Å². The van der Waals surface area contributed by atoms with Gasteiger partial charge in [0.25, 0.3) is 0 Å². The summed E-state index contributed by atoms with van der Waals surface area (Å²) < 4.78 is 20.1. The minimum atomic E-state index is -0.672. The van der Waals surface area contributed by atoms with Crippen molar-refractivity contribution in [2.45, 2.75) is 27.7 Å². The molecule has 0 radical (unpaired) electrons. The summed E-state index contributed by atoms with van der Waals surface area (Å²) in [7, 11) is 0. The highest BCUT2D eigenvalue weighted by Gasteiger charge is 2.12. The highest BCUT2D eigenvalue weighted by Crippen LogP contribution is 2.19. The Morgan fingerprint density at radius 2 is 1.87 bits per heavy atom. The normalized spacial score (nSPS) is 10.7. The van der Waals surface area contributed by atoms with Crippen molar-refractivity contribution in [3.63, 3.8) is 0 Å². The summed E-state index contributed by atoms with van der Waals surface area (Å²) in [5, 5.41) is 3.25. The van der Waals surface area contributed by atoms with Crippen molar-refractivity contribution >= 4 is 29.1 Å². The fourth-order valence-electron chi connectivity index (χ4n) is 2.42. The number of furan rings is 2. The lowest BCUT2D eigenvalue weighted by Crippen LogP contribution is -2.05. The van der Waals surface area contributed by atoms with Crippen molar-refractivity contribution in [3.05, 3.63) is 63.4 Å². The Morgan fingerprint density at radius 3 is 2.43 bits per heavy atom. The molecular formula is C20H22N4O6. The van der Waals surface area contributed by atoms with Gasteiger partial charge in [-0.05, 0) is 51.4 Å². The maximum absolute atomic E-state index is 11.3. The summed E-state index contributed by atoms with van der Waals surface area (Å²) >= 11 is 0. The van der Waals surface area contributed by atoms with E-state index < -0.39 is 5.97 Å². The van der Waals surface area contributed by atoms with E-state index in [1.807, 2.05) is 13.0 Å². The standard InChI is InChI=1S/C10H11N3O3.C10H11NO3/c1-3-15-10(14)9(12-13-11)6-8-5-4-7(2)16-8;1-3-13-10(12)8-5-9-7(11-8)4-6(2)14-9/h4-6H,3H2,1-2H3;4-5,11H,3H2,1-2H3/b9-6-;. The Kier molecular flexibility index (Phi) is 7.90. The van der Waals surface area contributed by atoms with Crippen LogP contribution in [0.4, 0.5) is 0 Å². The molecule has 0 bridgehead atoms. The third kappa shape index (κ3) is 6.05. The topological polar surface area (TPSA) is 143 Å². The highest BCUT2D eigenvalue weighted by atomic mass is 16.5. The molecule has 0 aliphatic rings. The fourth-order valence-corrected chi connectivity index (χ4v) is 2.42. The van der Waals surface area contributed by atoms with Gasteiger partial charge in [-0.1, -0.05) is 5.11 Å². The Balaban J connectivity index is 0.000000215. The molecule has 0 aliphatic carbocycles. The first kappa shape index (κ1) is 22.4. The van der Waals surface area contributed by atoms with Gasteiger partial charge in [0.1, 0.15) is 28.7 Å². The van der Waals surface area contributed by atoms with E-state index in [9.17, 15) is 9.59 Å². The molecule has 0 saturated carbocycles. The number of fused-ring (bicyclic) bond motifs is 1. The number of carbonyl (C=O) groups is 2. The van der Waals surface area contributed by atoms with Gasteiger partial charge < -0.3 is 23.3 Å². The number of hydrogen-bond acceptors (Lipinski definition) is 7. The minimum absolute atomic E-state index is 0.126.